The van der Waals surface area contributed by atoms with Gasteiger partial charge in [0.2, 0.25) is 0 Å². The van der Waals surface area contributed by atoms with Crippen LogP contribution in [0.2, 0.25) is 0 Å². The Morgan fingerprint density at radius 1 is 0.957 bits per heavy atom. The minimum atomic E-state index is -0.0846. The average Bonchev–Trinajstić information content (AvgIpc) is 2.59. The van der Waals surface area contributed by atoms with Crippen molar-refractivity contribution in [2.75, 3.05) is 19.6 Å². The Balaban J connectivity index is 1.49. The molecule has 1 aromatic rings. The fourth-order valence-electron chi connectivity index (χ4n) is 4.00. The minimum absolute atomic E-state index is 0.0846. The van der Waals surface area contributed by atoms with Gasteiger partial charge >= 0.3 is 0 Å². The third-order valence-electron chi connectivity index (χ3n) is 5.54. The molecule has 1 saturated carbocycles. The van der Waals surface area contributed by atoms with E-state index in [0.29, 0.717) is 0 Å². The number of hydrogen-bond donors (Lipinski definition) is 2. The Morgan fingerprint density at radius 3 is 2.39 bits per heavy atom. The molecule has 0 spiro atoms. The highest BCUT2D eigenvalue weighted by Crippen LogP contribution is 2.23. The molecule has 3 rings (SSSR count). The largest absolute Gasteiger partial charge is 0.393 e. The fourth-order valence-corrected chi connectivity index (χ4v) is 4.00. The highest BCUT2D eigenvalue weighted by atomic mass is 16.3. The summed E-state index contributed by atoms with van der Waals surface area (Å²) in [7, 11) is 0. The van der Waals surface area contributed by atoms with Crippen molar-refractivity contribution < 1.29 is 5.11 Å². The van der Waals surface area contributed by atoms with Crippen LogP contribution in [0.3, 0.4) is 0 Å². The highest BCUT2D eigenvalue weighted by molar-refractivity contribution is 5.27. The molecule has 3 heteroatoms. The quantitative estimate of drug-likeness (QED) is 0.845. The van der Waals surface area contributed by atoms with Crippen molar-refractivity contribution in [3.63, 3.8) is 0 Å². The number of piperidine rings is 1. The van der Waals surface area contributed by atoms with Gasteiger partial charge in [-0.1, -0.05) is 43.5 Å². The summed E-state index contributed by atoms with van der Waals surface area (Å²) in [6, 6.07) is 8.84. The first kappa shape index (κ1) is 16.9. The zero-order valence-corrected chi connectivity index (χ0v) is 14.3. The Hall–Kier alpha value is -0.900. The van der Waals surface area contributed by atoms with Gasteiger partial charge in [-0.15, -0.1) is 0 Å². The van der Waals surface area contributed by atoms with Crippen LogP contribution < -0.4 is 5.32 Å². The van der Waals surface area contributed by atoms with Gasteiger partial charge in [-0.25, -0.2) is 0 Å². The molecule has 0 radical (unpaired) electrons. The second-order valence-electron chi connectivity index (χ2n) is 7.41. The number of likely N-dealkylation sites (tertiary alicyclic amines) is 1. The third kappa shape index (κ3) is 5.30. The number of aliphatic hydroxyl groups excluding tert-OH is 1. The molecule has 128 valence electrons. The van der Waals surface area contributed by atoms with E-state index in [1.54, 1.807) is 0 Å². The number of rotatable bonds is 6. The third-order valence-corrected chi connectivity index (χ3v) is 5.54. The fraction of sp³-hybridized carbons (Fsp3) is 0.700. The second kappa shape index (κ2) is 8.81. The molecular weight excluding hydrogens is 284 g/mol. The van der Waals surface area contributed by atoms with Gasteiger partial charge in [-0.3, -0.25) is 4.90 Å². The SMILES string of the molecule is OC1CCN(Cc2ccccc2CNCC2CCCCC2)CC1. The molecule has 0 bridgehead atoms. The van der Waals surface area contributed by atoms with Crippen LogP contribution in [0.4, 0.5) is 0 Å². The zero-order chi connectivity index (χ0) is 15.9. The van der Waals surface area contributed by atoms with E-state index in [-0.39, 0.29) is 6.10 Å². The Kier molecular flexibility index (Phi) is 6.49. The van der Waals surface area contributed by atoms with E-state index in [2.05, 4.69) is 34.5 Å². The summed E-state index contributed by atoms with van der Waals surface area (Å²) < 4.78 is 0. The molecule has 0 atom stereocenters. The molecular formula is C20H32N2O. The molecule has 2 aliphatic rings. The molecule has 1 aliphatic heterocycles. The predicted octanol–water partition coefficient (Wildman–Crippen LogP) is 3.31. The molecule has 0 unspecified atom stereocenters. The van der Waals surface area contributed by atoms with Crippen molar-refractivity contribution in [3.05, 3.63) is 35.4 Å². The first-order valence-electron chi connectivity index (χ1n) is 9.49. The lowest BCUT2D eigenvalue weighted by molar-refractivity contribution is 0.0791. The molecule has 23 heavy (non-hydrogen) atoms. The van der Waals surface area contributed by atoms with Gasteiger partial charge < -0.3 is 10.4 Å². The number of benzene rings is 1. The molecule has 0 aromatic heterocycles. The first-order chi connectivity index (χ1) is 11.3. The van der Waals surface area contributed by atoms with Crippen LogP contribution in [0.5, 0.6) is 0 Å². The van der Waals surface area contributed by atoms with Crippen LogP contribution in [0.1, 0.15) is 56.1 Å². The highest BCUT2D eigenvalue weighted by Gasteiger charge is 2.18. The average molecular weight is 316 g/mol. The monoisotopic (exact) mass is 316 g/mol. The maximum Gasteiger partial charge on any atom is 0.0564 e. The van der Waals surface area contributed by atoms with Gasteiger partial charge in [0.05, 0.1) is 6.10 Å². The van der Waals surface area contributed by atoms with Gasteiger partial charge in [-0.05, 0) is 49.3 Å². The van der Waals surface area contributed by atoms with Crippen LogP contribution in [0.15, 0.2) is 24.3 Å². The van der Waals surface area contributed by atoms with Crippen molar-refractivity contribution in [1.29, 1.82) is 0 Å². The maximum absolute atomic E-state index is 9.65. The van der Waals surface area contributed by atoms with Crippen LogP contribution in [-0.4, -0.2) is 35.7 Å². The molecule has 3 nitrogen and oxygen atoms in total. The lowest BCUT2D eigenvalue weighted by atomic mass is 9.89. The van der Waals surface area contributed by atoms with E-state index in [1.807, 2.05) is 0 Å². The summed E-state index contributed by atoms with van der Waals surface area (Å²) in [5, 5.41) is 13.3. The van der Waals surface area contributed by atoms with E-state index >= 15 is 0 Å². The van der Waals surface area contributed by atoms with Crippen LogP contribution >= 0.6 is 0 Å². The van der Waals surface area contributed by atoms with E-state index < -0.39 is 0 Å². The normalized spacial score (nSPS) is 21.6. The van der Waals surface area contributed by atoms with Crippen LogP contribution in [-0.2, 0) is 13.1 Å². The second-order valence-corrected chi connectivity index (χ2v) is 7.41. The Bertz CT molecular complexity index is 462. The smallest absolute Gasteiger partial charge is 0.0564 e. The summed E-state index contributed by atoms with van der Waals surface area (Å²) in [5.74, 6) is 0.888. The number of aliphatic hydroxyl groups is 1. The molecule has 1 aliphatic carbocycles. The van der Waals surface area contributed by atoms with Gasteiger partial charge in [-0.2, -0.15) is 0 Å². The molecule has 1 heterocycles. The van der Waals surface area contributed by atoms with Crippen molar-refractivity contribution in [1.82, 2.24) is 10.2 Å². The van der Waals surface area contributed by atoms with Crippen molar-refractivity contribution in [2.45, 2.75) is 64.1 Å². The minimum Gasteiger partial charge on any atom is -0.393 e. The van der Waals surface area contributed by atoms with Crippen molar-refractivity contribution in [3.8, 4) is 0 Å². The predicted molar refractivity (Wildman–Crippen MR) is 95.2 cm³/mol. The van der Waals surface area contributed by atoms with E-state index in [1.165, 1.54) is 49.8 Å². The topological polar surface area (TPSA) is 35.5 Å². The maximum atomic E-state index is 9.65. The molecule has 2 fully saturated rings. The molecule has 0 amide bonds. The number of nitrogens with one attached hydrogen (secondary N) is 1. The van der Waals surface area contributed by atoms with Crippen molar-refractivity contribution >= 4 is 0 Å². The lowest BCUT2D eigenvalue weighted by Gasteiger charge is -2.30. The molecule has 1 saturated heterocycles. The van der Waals surface area contributed by atoms with Crippen LogP contribution in [0, 0.1) is 5.92 Å². The van der Waals surface area contributed by atoms with E-state index in [0.717, 1.165) is 44.9 Å². The molecule has 2 N–H and O–H groups in total. The number of nitrogens with zero attached hydrogens (tertiary/aromatic N) is 1. The summed E-state index contributed by atoms with van der Waals surface area (Å²) in [6.07, 6.45) is 8.84. The standard InChI is InChI=1S/C20H32N2O/c23-20-10-12-22(13-11-20)16-19-9-5-4-8-18(19)15-21-14-17-6-2-1-3-7-17/h4-5,8-9,17,20-21,23H,1-3,6-7,10-16H2. The summed E-state index contributed by atoms with van der Waals surface area (Å²) >= 11 is 0. The summed E-state index contributed by atoms with van der Waals surface area (Å²) in [6.45, 7) is 5.22. The molecule has 1 aromatic carbocycles. The van der Waals surface area contributed by atoms with Gasteiger partial charge in [0.1, 0.15) is 0 Å². The lowest BCUT2D eigenvalue weighted by Crippen LogP contribution is -2.35. The zero-order valence-electron chi connectivity index (χ0n) is 14.3. The Morgan fingerprint density at radius 2 is 1.65 bits per heavy atom. The van der Waals surface area contributed by atoms with Gasteiger partial charge in [0.25, 0.3) is 0 Å². The van der Waals surface area contributed by atoms with Gasteiger partial charge in [0, 0.05) is 26.2 Å². The number of hydrogen-bond acceptors (Lipinski definition) is 3. The van der Waals surface area contributed by atoms with Crippen molar-refractivity contribution in [2.24, 2.45) is 5.92 Å². The van der Waals surface area contributed by atoms with E-state index in [9.17, 15) is 5.11 Å². The van der Waals surface area contributed by atoms with Gasteiger partial charge in [0.15, 0.2) is 0 Å². The first-order valence-corrected chi connectivity index (χ1v) is 9.49. The summed E-state index contributed by atoms with van der Waals surface area (Å²) in [4.78, 5) is 2.48. The Labute approximate surface area is 141 Å². The van der Waals surface area contributed by atoms with E-state index in [4.69, 9.17) is 0 Å². The summed E-state index contributed by atoms with van der Waals surface area (Å²) in [5.41, 5.74) is 2.88. The van der Waals surface area contributed by atoms with Crippen LogP contribution in [0.25, 0.3) is 0 Å².